The smallest absolute Gasteiger partial charge is 0.188 e. The minimum atomic E-state index is -0.805. The Hall–Kier alpha value is -1.20. The van der Waals surface area contributed by atoms with E-state index in [1.807, 2.05) is 6.92 Å². The highest BCUT2D eigenvalue weighted by molar-refractivity contribution is 5.34. The van der Waals surface area contributed by atoms with Crippen molar-refractivity contribution >= 4 is 0 Å². The van der Waals surface area contributed by atoms with E-state index in [0.29, 0.717) is 11.4 Å². The largest absolute Gasteiger partial charge is 0.491 e. The molecule has 1 N–H and O–H groups in total. The van der Waals surface area contributed by atoms with Gasteiger partial charge in [-0.25, -0.2) is 4.39 Å². The lowest BCUT2D eigenvalue weighted by Crippen LogP contribution is -2.07. The summed E-state index contributed by atoms with van der Waals surface area (Å²) in [5.74, 6) is 0.636. The van der Waals surface area contributed by atoms with Gasteiger partial charge in [-0.3, -0.25) is 4.98 Å². The van der Waals surface area contributed by atoms with E-state index in [1.54, 1.807) is 12.3 Å². The van der Waals surface area contributed by atoms with Crippen LogP contribution in [0.25, 0.3) is 0 Å². The number of alkyl halides is 1. The number of pyridine rings is 1. The first-order chi connectivity index (χ1) is 7.29. The van der Waals surface area contributed by atoms with Crippen LogP contribution in [0.5, 0.6) is 5.75 Å². The molecular formula is C10H14FNO3. The summed E-state index contributed by atoms with van der Waals surface area (Å²) in [4.78, 5) is 3.98. The van der Waals surface area contributed by atoms with Crippen LogP contribution >= 0.6 is 0 Å². The fourth-order valence-corrected chi connectivity index (χ4v) is 1.14. The molecule has 0 radical (unpaired) electrons. The monoisotopic (exact) mass is 215 g/mol. The summed E-state index contributed by atoms with van der Waals surface area (Å²) in [7, 11) is 0. The number of rotatable bonds is 6. The lowest BCUT2D eigenvalue weighted by Gasteiger charge is -2.10. The zero-order chi connectivity index (χ0) is 11.1. The van der Waals surface area contributed by atoms with E-state index in [9.17, 15) is 4.39 Å². The van der Waals surface area contributed by atoms with Crippen molar-refractivity contribution in [2.75, 3.05) is 20.1 Å². The molecule has 4 nitrogen and oxygen atoms in total. The Morgan fingerprint density at radius 1 is 1.47 bits per heavy atom. The minimum absolute atomic E-state index is 0.121. The Morgan fingerprint density at radius 3 is 2.93 bits per heavy atom. The van der Waals surface area contributed by atoms with Crippen LogP contribution in [0, 0.1) is 6.92 Å². The molecule has 5 heteroatoms. The van der Waals surface area contributed by atoms with Gasteiger partial charge in [-0.15, -0.1) is 0 Å². The van der Waals surface area contributed by atoms with E-state index >= 15 is 0 Å². The normalized spacial score (nSPS) is 10.3. The third-order valence-corrected chi connectivity index (χ3v) is 1.97. The number of aliphatic hydroxyl groups excluding tert-OH is 1. The summed E-state index contributed by atoms with van der Waals surface area (Å²) in [6.07, 6.45) is 1.56. The van der Waals surface area contributed by atoms with Crippen LogP contribution in [0.3, 0.4) is 0 Å². The van der Waals surface area contributed by atoms with E-state index < -0.39 is 6.86 Å². The number of nitrogens with zero attached hydrogens (tertiary/aromatic N) is 1. The highest BCUT2D eigenvalue weighted by Gasteiger charge is 2.04. The predicted octanol–water partition coefficient (Wildman–Crippen LogP) is 1.20. The van der Waals surface area contributed by atoms with Crippen LogP contribution in [0.2, 0.25) is 0 Å². The van der Waals surface area contributed by atoms with Crippen molar-refractivity contribution in [3.8, 4) is 5.75 Å². The fraction of sp³-hybridized carbons (Fsp3) is 0.500. The third-order valence-electron chi connectivity index (χ3n) is 1.97. The summed E-state index contributed by atoms with van der Waals surface area (Å²) in [6.45, 7) is 1.36. The molecule has 0 atom stereocenters. The highest BCUT2D eigenvalue weighted by Crippen LogP contribution is 2.19. The second kappa shape index (κ2) is 6.31. The standard InChI is InChI=1S/C10H14FNO3/c1-8-9(6-13)12-3-2-10(8)15-5-4-14-7-11/h2-3,13H,4-7H2,1H3. The van der Waals surface area contributed by atoms with Gasteiger partial charge in [0.1, 0.15) is 12.4 Å². The Morgan fingerprint density at radius 2 is 2.27 bits per heavy atom. The Bertz CT molecular complexity index is 307. The van der Waals surface area contributed by atoms with Crippen molar-refractivity contribution in [1.82, 2.24) is 4.98 Å². The van der Waals surface area contributed by atoms with Gasteiger partial charge in [0.15, 0.2) is 6.86 Å². The van der Waals surface area contributed by atoms with Gasteiger partial charge in [0.05, 0.1) is 18.9 Å². The summed E-state index contributed by atoms with van der Waals surface area (Å²) < 4.78 is 21.4. The highest BCUT2D eigenvalue weighted by atomic mass is 19.1. The van der Waals surface area contributed by atoms with Gasteiger partial charge < -0.3 is 14.6 Å². The zero-order valence-electron chi connectivity index (χ0n) is 8.57. The van der Waals surface area contributed by atoms with Gasteiger partial charge in [0, 0.05) is 11.8 Å². The minimum Gasteiger partial charge on any atom is -0.491 e. The molecule has 0 aliphatic heterocycles. The van der Waals surface area contributed by atoms with Gasteiger partial charge in [0.25, 0.3) is 0 Å². The van der Waals surface area contributed by atoms with Crippen molar-refractivity contribution in [2.24, 2.45) is 0 Å². The Labute approximate surface area is 87.7 Å². The third kappa shape index (κ3) is 3.45. The lowest BCUT2D eigenvalue weighted by molar-refractivity contribution is 0.0390. The first-order valence-electron chi connectivity index (χ1n) is 4.61. The molecule has 84 valence electrons. The summed E-state index contributed by atoms with van der Waals surface area (Å²) in [6, 6.07) is 1.70. The topological polar surface area (TPSA) is 51.6 Å². The molecular weight excluding hydrogens is 201 g/mol. The van der Waals surface area contributed by atoms with Gasteiger partial charge in [-0.05, 0) is 13.0 Å². The van der Waals surface area contributed by atoms with E-state index in [2.05, 4.69) is 9.72 Å². The van der Waals surface area contributed by atoms with Gasteiger partial charge in [-0.2, -0.15) is 0 Å². The first-order valence-corrected chi connectivity index (χ1v) is 4.61. The van der Waals surface area contributed by atoms with Crippen molar-refractivity contribution in [3.63, 3.8) is 0 Å². The molecule has 0 saturated heterocycles. The SMILES string of the molecule is Cc1c(OCCOCF)ccnc1CO. The molecule has 1 aromatic heterocycles. The molecule has 0 fully saturated rings. The van der Waals surface area contributed by atoms with Crippen molar-refractivity contribution in [2.45, 2.75) is 13.5 Å². The van der Waals surface area contributed by atoms with Gasteiger partial charge in [-0.1, -0.05) is 0 Å². The summed E-state index contributed by atoms with van der Waals surface area (Å²) in [5, 5.41) is 8.96. The van der Waals surface area contributed by atoms with Crippen LogP contribution in [-0.4, -0.2) is 30.2 Å². The van der Waals surface area contributed by atoms with E-state index in [0.717, 1.165) is 5.56 Å². The number of halogens is 1. The lowest BCUT2D eigenvalue weighted by atomic mass is 10.2. The predicted molar refractivity (Wildman–Crippen MR) is 52.3 cm³/mol. The number of hydrogen-bond acceptors (Lipinski definition) is 4. The summed E-state index contributed by atoms with van der Waals surface area (Å²) >= 11 is 0. The number of aromatic nitrogens is 1. The summed E-state index contributed by atoms with van der Waals surface area (Å²) in [5.41, 5.74) is 1.37. The first kappa shape index (κ1) is 11.9. The maximum atomic E-state index is 11.6. The average Bonchev–Trinajstić information content (AvgIpc) is 2.26. The van der Waals surface area contributed by atoms with E-state index in [-0.39, 0.29) is 19.8 Å². The van der Waals surface area contributed by atoms with E-state index in [4.69, 9.17) is 9.84 Å². The molecule has 1 heterocycles. The quantitative estimate of drug-likeness (QED) is 0.724. The van der Waals surface area contributed by atoms with Crippen LogP contribution in [0.15, 0.2) is 12.3 Å². The number of ether oxygens (including phenoxy) is 2. The van der Waals surface area contributed by atoms with Gasteiger partial charge >= 0.3 is 0 Å². The maximum Gasteiger partial charge on any atom is 0.188 e. The van der Waals surface area contributed by atoms with Crippen LogP contribution in [0.4, 0.5) is 4.39 Å². The molecule has 0 aromatic carbocycles. The second-order valence-corrected chi connectivity index (χ2v) is 2.90. The zero-order valence-corrected chi connectivity index (χ0v) is 8.57. The fourth-order valence-electron chi connectivity index (χ4n) is 1.14. The van der Waals surface area contributed by atoms with Crippen LogP contribution < -0.4 is 4.74 Å². The molecule has 0 bridgehead atoms. The van der Waals surface area contributed by atoms with Gasteiger partial charge in [0.2, 0.25) is 0 Å². The number of aliphatic hydroxyl groups is 1. The molecule has 0 amide bonds. The van der Waals surface area contributed by atoms with Crippen molar-refractivity contribution < 1.29 is 19.0 Å². The molecule has 0 saturated carbocycles. The average molecular weight is 215 g/mol. The molecule has 0 unspecified atom stereocenters. The maximum absolute atomic E-state index is 11.6. The van der Waals surface area contributed by atoms with Crippen LogP contribution in [0.1, 0.15) is 11.3 Å². The van der Waals surface area contributed by atoms with E-state index in [1.165, 1.54) is 0 Å². The molecule has 1 aromatic rings. The molecule has 0 aliphatic rings. The number of hydrogen-bond donors (Lipinski definition) is 1. The Balaban J connectivity index is 2.53. The molecule has 0 aliphatic carbocycles. The second-order valence-electron chi connectivity index (χ2n) is 2.90. The Kier molecular flexibility index (Phi) is 5.00. The van der Waals surface area contributed by atoms with Crippen molar-refractivity contribution in [1.29, 1.82) is 0 Å². The molecule has 15 heavy (non-hydrogen) atoms. The van der Waals surface area contributed by atoms with Crippen molar-refractivity contribution in [3.05, 3.63) is 23.5 Å². The molecule has 0 spiro atoms. The van der Waals surface area contributed by atoms with Crippen LogP contribution in [-0.2, 0) is 11.3 Å². The molecule has 1 rings (SSSR count).